The molecule has 3 aromatic heterocycles. The molecule has 0 bridgehead atoms. The van der Waals surface area contributed by atoms with Gasteiger partial charge >= 0.3 is 0 Å². The molecule has 0 amide bonds. The van der Waals surface area contributed by atoms with Gasteiger partial charge in [0.05, 0.1) is 24.1 Å². The molecule has 5 rings (SSSR count). The number of aromatic nitrogens is 5. The summed E-state index contributed by atoms with van der Waals surface area (Å²) in [5.74, 6) is 1.52. The SMILES string of the molecule is COc1cccc(-c2ccc(CN3CCc4nc(-c5cncnc5)ncc4C3)cn2)c1. The van der Waals surface area contributed by atoms with Crippen molar-refractivity contribution in [3.05, 3.63) is 84.3 Å². The molecule has 0 fully saturated rings. The number of pyridine rings is 1. The molecule has 1 aromatic carbocycles. The van der Waals surface area contributed by atoms with E-state index < -0.39 is 0 Å². The lowest BCUT2D eigenvalue weighted by atomic mass is 10.1. The van der Waals surface area contributed by atoms with Gasteiger partial charge in [-0.2, -0.15) is 0 Å². The average molecular weight is 410 g/mol. The molecule has 0 atom stereocenters. The molecule has 1 aliphatic heterocycles. The highest BCUT2D eigenvalue weighted by atomic mass is 16.5. The summed E-state index contributed by atoms with van der Waals surface area (Å²) in [5, 5.41) is 0. The lowest BCUT2D eigenvalue weighted by molar-refractivity contribution is 0.242. The smallest absolute Gasteiger partial charge is 0.162 e. The summed E-state index contributed by atoms with van der Waals surface area (Å²) in [6, 6.07) is 12.2. The van der Waals surface area contributed by atoms with E-state index in [4.69, 9.17) is 9.72 Å². The lowest BCUT2D eigenvalue weighted by Crippen LogP contribution is -2.31. The first-order valence-electron chi connectivity index (χ1n) is 10.2. The zero-order chi connectivity index (χ0) is 21.0. The van der Waals surface area contributed by atoms with Crippen LogP contribution in [0.5, 0.6) is 5.75 Å². The predicted molar refractivity (Wildman–Crippen MR) is 117 cm³/mol. The Bertz CT molecular complexity index is 1180. The van der Waals surface area contributed by atoms with Crippen LogP contribution < -0.4 is 4.74 Å². The molecule has 0 saturated carbocycles. The van der Waals surface area contributed by atoms with Crippen LogP contribution in [-0.2, 0) is 19.5 Å². The predicted octanol–water partition coefficient (Wildman–Crippen LogP) is 3.56. The molecule has 0 unspecified atom stereocenters. The maximum Gasteiger partial charge on any atom is 0.162 e. The Balaban J connectivity index is 1.27. The third-order valence-electron chi connectivity index (χ3n) is 5.43. The number of ether oxygens (including phenoxy) is 1. The number of methoxy groups -OCH3 is 1. The van der Waals surface area contributed by atoms with Crippen LogP contribution >= 0.6 is 0 Å². The average Bonchev–Trinajstić information content (AvgIpc) is 2.85. The molecule has 0 saturated heterocycles. The molecule has 0 radical (unpaired) electrons. The van der Waals surface area contributed by atoms with E-state index in [0.717, 1.165) is 54.3 Å². The fourth-order valence-corrected chi connectivity index (χ4v) is 3.79. The van der Waals surface area contributed by atoms with Crippen molar-refractivity contribution < 1.29 is 4.74 Å². The summed E-state index contributed by atoms with van der Waals surface area (Å²) >= 11 is 0. The van der Waals surface area contributed by atoms with Crippen LogP contribution in [0.4, 0.5) is 0 Å². The van der Waals surface area contributed by atoms with E-state index in [-0.39, 0.29) is 0 Å². The molecule has 31 heavy (non-hydrogen) atoms. The van der Waals surface area contributed by atoms with Crippen molar-refractivity contribution >= 4 is 0 Å². The van der Waals surface area contributed by atoms with Crippen LogP contribution in [0.15, 0.2) is 67.5 Å². The zero-order valence-corrected chi connectivity index (χ0v) is 17.3. The monoisotopic (exact) mass is 410 g/mol. The summed E-state index contributed by atoms with van der Waals surface area (Å²) in [5.41, 5.74) is 6.31. The van der Waals surface area contributed by atoms with Gasteiger partial charge < -0.3 is 4.74 Å². The first-order chi connectivity index (χ1) is 15.3. The largest absolute Gasteiger partial charge is 0.497 e. The van der Waals surface area contributed by atoms with E-state index >= 15 is 0 Å². The summed E-state index contributed by atoms with van der Waals surface area (Å²) in [7, 11) is 1.67. The van der Waals surface area contributed by atoms with E-state index in [0.29, 0.717) is 5.82 Å². The van der Waals surface area contributed by atoms with Crippen molar-refractivity contribution in [1.29, 1.82) is 0 Å². The van der Waals surface area contributed by atoms with Gasteiger partial charge in [0.15, 0.2) is 5.82 Å². The van der Waals surface area contributed by atoms with E-state index in [2.05, 4.69) is 37.0 Å². The van der Waals surface area contributed by atoms with E-state index in [9.17, 15) is 0 Å². The minimum absolute atomic E-state index is 0.685. The lowest BCUT2D eigenvalue weighted by Gasteiger charge is -2.28. The molecule has 0 spiro atoms. The Kier molecular flexibility index (Phi) is 5.33. The number of hydrogen-bond donors (Lipinski definition) is 0. The second-order valence-corrected chi connectivity index (χ2v) is 7.54. The standard InChI is InChI=1S/C24H22N6O/c1-31-21-4-2-3-18(9-21)22-6-5-17(10-27-22)14-30-8-7-23-20(15-30)13-28-24(29-23)19-11-25-16-26-12-19/h2-6,9-13,16H,7-8,14-15H2,1H3. The Morgan fingerprint density at radius 3 is 2.68 bits per heavy atom. The zero-order valence-electron chi connectivity index (χ0n) is 17.3. The molecule has 4 aromatic rings. The van der Waals surface area contributed by atoms with Crippen LogP contribution in [-0.4, -0.2) is 43.5 Å². The molecule has 154 valence electrons. The topological polar surface area (TPSA) is 76.9 Å². The Morgan fingerprint density at radius 1 is 0.968 bits per heavy atom. The fourth-order valence-electron chi connectivity index (χ4n) is 3.79. The summed E-state index contributed by atoms with van der Waals surface area (Å²) < 4.78 is 5.31. The number of fused-ring (bicyclic) bond motifs is 1. The van der Waals surface area contributed by atoms with Gasteiger partial charge in [0.2, 0.25) is 0 Å². The number of benzene rings is 1. The quantitative estimate of drug-likeness (QED) is 0.498. The third-order valence-corrected chi connectivity index (χ3v) is 5.43. The van der Waals surface area contributed by atoms with Gasteiger partial charge in [0, 0.05) is 62.0 Å². The molecule has 7 heteroatoms. The molecule has 1 aliphatic rings. The first-order valence-corrected chi connectivity index (χ1v) is 10.2. The van der Waals surface area contributed by atoms with Gasteiger partial charge in [-0.1, -0.05) is 18.2 Å². The first kappa shape index (κ1) is 19.3. The van der Waals surface area contributed by atoms with Crippen molar-refractivity contribution in [1.82, 2.24) is 29.8 Å². The molecular weight excluding hydrogens is 388 g/mol. The van der Waals surface area contributed by atoms with Crippen molar-refractivity contribution in [3.63, 3.8) is 0 Å². The maximum atomic E-state index is 5.31. The normalized spacial score (nSPS) is 13.6. The summed E-state index contributed by atoms with van der Waals surface area (Å²) in [4.78, 5) is 24.4. The Hall–Kier alpha value is -3.71. The van der Waals surface area contributed by atoms with E-state index in [1.54, 1.807) is 19.5 Å². The van der Waals surface area contributed by atoms with Gasteiger partial charge in [0.1, 0.15) is 12.1 Å². The second kappa shape index (κ2) is 8.57. The van der Waals surface area contributed by atoms with Gasteiger partial charge in [0.25, 0.3) is 0 Å². The van der Waals surface area contributed by atoms with Crippen LogP contribution in [0.3, 0.4) is 0 Å². The molecule has 4 heterocycles. The Morgan fingerprint density at radius 2 is 1.87 bits per heavy atom. The number of hydrogen-bond acceptors (Lipinski definition) is 7. The highest BCUT2D eigenvalue weighted by Crippen LogP contribution is 2.24. The van der Waals surface area contributed by atoms with Gasteiger partial charge in [-0.3, -0.25) is 9.88 Å². The number of rotatable bonds is 5. The second-order valence-electron chi connectivity index (χ2n) is 7.54. The number of nitrogens with zero attached hydrogens (tertiary/aromatic N) is 6. The van der Waals surface area contributed by atoms with E-state index in [1.807, 2.05) is 36.7 Å². The summed E-state index contributed by atoms with van der Waals surface area (Å²) in [6.45, 7) is 2.63. The van der Waals surface area contributed by atoms with Crippen molar-refractivity contribution in [2.75, 3.05) is 13.7 Å². The van der Waals surface area contributed by atoms with Crippen LogP contribution in [0.2, 0.25) is 0 Å². The summed E-state index contributed by atoms with van der Waals surface area (Å²) in [6.07, 6.45) is 9.78. The van der Waals surface area contributed by atoms with Gasteiger partial charge in [-0.15, -0.1) is 0 Å². The molecular formula is C24H22N6O. The highest BCUT2D eigenvalue weighted by molar-refractivity contribution is 5.61. The minimum atomic E-state index is 0.685. The molecule has 7 nitrogen and oxygen atoms in total. The Labute approximate surface area is 180 Å². The van der Waals surface area contributed by atoms with Crippen LogP contribution in [0.25, 0.3) is 22.6 Å². The maximum absolute atomic E-state index is 5.31. The molecule has 0 N–H and O–H groups in total. The molecule has 0 aliphatic carbocycles. The highest BCUT2D eigenvalue weighted by Gasteiger charge is 2.19. The van der Waals surface area contributed by atoms with Crippen molar-refractivity contribution in [2.24, 2.45) is 0 Å². The third kappa shape index (κ3) is 4.27. The fraction of sp³-hybridized carbons (Fsp3) is 0.208. The minimum Gasteiger partial charge on any atom is -0.497 e. The van der Waals surface area contributed by atoms with Crippen molar-refractivity contribution in [3.8, 4) is 28.4 Å². The van der Waals surface area contributed by atoms with Crippen LogP contribution in [0.1, 0.15) is 16.8 Å². The van der Waals surface area contributed by atoms with E-state index in [1.165, 1.54) is 17.5 Å². The van der Waals surface area contributed by atoms with Gasteiger partial charge in [-0.25, -0.2) is 19.9 Å². The van der Waals surface area contributed by atoms with Crippen molar-refractivity contribution in [2.45, 2.75) is 19.5 Å². The van der Waals surface area contributed by atoms with Gasteiger partial charge in [-0.05, 0) is 23.8 Å². The van der Waals surface area contributed by atoms with Crippen LogP contribution in [0, 0.1) is 0 Å².